The van der Waals surface area contributed by atoms with Crippen LogP contribution in [0.25, 0.3) is 0 Å². The number of hydrogen-bond acceptors (Lipinski definition) is 3. The Kier molecular flexibility index (Phi) is 5.57. The maximum absolute atomic E-state index is 13.1. The molecule has 0 bridgehead atoms. The Morgan fingerprint density at radius 2 is 1.73 bits per heavy atom. The van der Waals surface area contributed by atoms with E-state index in [4.69, 9.17) is 4.74 Å². The van der Waals surface area contributed by atoms with E-state index < -0.39 is 17.3 Å². The van der Waals surface area contributed by atoms with Crippen molar-refractivity contribution in [2.45, 2.75) is 58.8 Å². The van der Waals surface area contributed by atoms with Crippen molar-refractivity contribution in [1.82, 2.24) is 4.90 Å². The Labute approximate surface area is 131 Å². The predicted octanol–water partition coefficient (Wildman–Crippen LogP) is 3.89. The molecule has 4 nitrogen and oxygen atoms in total. The van der Waals surface area contributed by atoms with E-state index in [1.807, 2.05) is 6.92 Å². The van der Waals surface area contributed by atoms with E-state index in [-0.39, 0.29) is 18.4 Å². The number of hydrogen-bond donors (Lipinski definition) is 1. The van der Waals surface area contributed by atoms with Crippen molar-refractivity contribution in [3.05, 3.63) is 35.6 Å². The van der Waals surface area contributed by atoms with Crippen LogP contribution in [-0.2, 0) is 4.74 Å². The molecule has 1 amide bonds. The molecular weight excluding hydrogens is 285 g/mol. The van der Waals surface area contributed by atoms with Crippen LogP contribution < -0.4 is 0 Å². The van der Waals surface area contributed by atoms with E-state index in [0.717, 1.165) is 5.56 Å². The van der Waals surface area contributed by atoms with Gasteiger partial charge in [-0.3, -0.25) is 4.90 Å². The highest BCUT2D eigenvalue weighted by Gasteiger charge is 2.31. The van der Waals surface area contributed by atoms with Gasteiger partial charge >= 0.3 is 6.09 Å². The molecule has 1 N–H and O–H groups in total. The first kappa shape index (κ1) is 18.4. The smallest absolute Gasteiger partial charge is 0.410 e. The molecule has 124 valence electrons. The average Bonchev–Trinajstić information content (AvgIpc) is 2.33. The first-order chi connectivity index (χ1) is 9.89. The van der Waals surface area contributed by atoms with E-state index in [1.54, 1.807) is 46.8 Å². The molecule has 1 aromatic carbocycles. The molecule has 1 atom stereocenters. The summed E-state index contributed by atoms with van der Waals surface area (Å²) in [4.78, 5) is 13.9. The summed E-state index contributed by atoms with van der Waals surface area (Å²) in [6, 6.07) is 5.61. The van der Waals surface area contributed by atoms with Crippen LogP contribution in [-0.4, -0.2) is 33.8 Å². The minimum absolute atomic E-state index is 0.112. The zero-order valence-electron chi connectivity index (χ0n) is 14.2. The maximum atomic E-state index is 13.1. The van der Waals surface area contributed by atoms with Crippen LogP contribution in [0.1, 0.15) is 53.1 Å². The van der Waals surface area contributed by atoms with Crippen molar-refractivity contribution in [3.63, 3.8) is 0 Å². The Balaban J connectivity index is 3.03. The summed E-state index contributed by atoms with van der Waals surface area (Å²) < 4.78 is 18.5. The third-order valence-electron chi connectivity index (χ3n) is 3.01. The first-order valence-electron chi connectivity index (χ1n) is 7.36. The fraction of sp³-hybridized carbons (Fsp3) is 0.588. The summed E-state index contributed by atoms with van der Waals surface area (Å²) in [6.45, 7) is 10.5. The minimum Gasteiger partial charge on any atom is -0.444 e. The highest BCUT2D eigenvalue weighted by Crippen LogP contribution is 2.25. The third-order valence-corrected chi connectivity index (χ3v) is 3.01. The van der Waals surface area contributed by atoms with Gasteiger partial charge in [-0.25, -0.2) is 9.18 Å². The van der Waals surface area contributed by atoms with Crippen molar-refractivity contribution >= 4 is 6.09 Å². The summed E-state index contributed by atoms with van der Waals surface area (Å²) in [5.74, 6) is -0.331. The highest BCUT2D eigenvalue weighted by molar-refractivity contribution is 5.69. The SMILES string of the molecule is CC(c1ccc(F)cc1)N(CC(C)(C)O)C(=O)OC(C)(C)C. The summed E-state index contributed by atoms with van der Waals surface area (Å²) in [6.07, 6.45) is -0.508. The Bertz CT molecular complexity index is 500. The average molecular weight is 311 g/mol. The molecule has 1 aromatic rings. The molecular formula is C17H26FNO3. The normalized spacial score (nSPS) is 13.6. The second kappa shape index (κ2) is 6.65. The fourth-order valence-corrected chi connectivity index (χ4v) is 2.02. The van der Waals surface area contributed by atoms with E-state index in [9.17, 15) is 14.3 Å². The molecule has 0 saturated carbocycles. The molecule has 0 radical (unpaired) electrons. The first-order valence-corrected chi connectivity index (χ1v) is 7.36. The van der Waals surface area contributed by atoms with Crippen LogP contribution in [0.2, 0.25) is 0 Å². The number of rotatable bonds is 4. The van der Waals surface area contributed by atoms with Gasteiger partial charge in [0.15, 0.2) is 0 Å². The molecule has 0 spiro atoms. The molecule has 0 aliphatic rings. The van der Waals surface area contributed by atoms with Crippen molar-refractivity contribution in [2.24, 2.45) is 0 Å². The topological polar surface area (TPSA) is 49.8 Å². The summed E-state index contributed by atoms with van der Waals surface area (Å²) >= 11 is 0. The number of ether oxygens (including phenoxy) is 1. The number of carbonyl (C=O) groups excluding carboxylic acids is 1. The predicted molar refractivity (Wildman–Crippen MR) is 84.1 cm³/mol. The summed E-state index contributed by atoms with van der Waals surface area (Å²) in [5, 5.41) is 10.1. The molecule has 1 unspecified atom stereocenters. The second-order valence-corrected chi connectivity index (χ2v) is 7.15. The Hall–Kier alpha value is -1.62. The molecule has 0 aromatic heterocycles. The maximum Gasteiger partial charge on any atom is 0.410 e. The van der Waals surface area contributed by atoms with Gasteiger partial charge in [0.25, 0.3) is 0 Å². The van der Waals surface area contributed by atoms with Gasteiger partial charge in [-0.05, 0) is 59.2 Å². The lowest BCUT2D eigenvalue weighted by molar-refractivity contribution is -0.0134. The molecule has 22 heavy (non-hydrogen) atoms. The number of carbonyl (C=O) groups is 1. The summed E-state index contributed by atoms with van der Waals surface area (Å²) in [7, 11) is 0. The van der Waals surface area contributed by atoms with Crippen molar-refractivity contribution < 1.29 is 19.0 Å². The summed E-state index contributed by atoms with van der Waals surface area (Å²) in [5.41, 5.74) is -0.917. The van der Waals surface area contributed by atoms with Gasteiger partial charge in [0.1, 0.15) is 11.4 Å². The number of halogens is 1. The molecule has 0 aliphatic heterocycles. The fourth-order valence-electron chi connectivity index (χ4n) is 2.02. The largest absolute Gasteiger partial charge is 0.444 e. The van der Waals surface area contributed by atoms with Crippen LogP contribution in [0.3, 0.4) is 0 Å². The van der Waals surface area contributed by atoms with Crippen LogP contribution in [0.15, 0.2) is 24.3 Å². The monoisotopic (exact) mass is 311 g/mol. The van der Waals surface area contributed by atoms with Crippen molar-refractivity contribution in [2.75, 3.05) is 6.54 Å². The van der Waals surface area contributed by atoms with Gasteiger partial charge < -0.3 is 9.84 Å². The zero-order chi connectivity index (χ0) is 17.1. The van der Waals surface area contributed by atoms with Crippen molar-refractivity contribution in [1.29, 1.82) is 0 Å². The van der Waals surface area contributed by atoms with Gasteiger partial charge in [0, 0.05) is 0 Å². The minimum atomic E-state index is -1.06. The third kappa shape index (κ3) is 6.02. The molecule has 0 saturated heterocycles. The van der Waals surface area contributed by atoms with Gasteiger partial charge in [0.05, 0.1) is 18.2 Å². The van der Waals surface area contributed by atoms with Gasteiger partial charge in [-0.15, -0.1) is 0 Å². The van der Waals surface area contributed by atoms with Crippen LogP contribution in [0.5, 0.6) is 0 Å². The molecule has 1 rings (SSSR count). The standard InChI is InChI=1S/C17H26FNO3/c1-12(13-7-9-14(18)10-8-13)19(11-17(5,6)21)15(20)22-16(2,3)4/h7-10,12,21H,11H2,1-6H3. The molecule has 0 fully saturated rings. The van der Waals surface area contributed by atoms with E-state index >= 15 is 0 Å². The lowest BCUT2D eigenvalue weighted by Crippen LogP contribution is -2.45. The number of benzene rings is 1. The van der Waals surface area contributed by atoms with Gasteiger partial charge in [-0.2, -0.15) is 0 Å². The number of amides is 1. The molecule has 0 heterocycles. The lowest BCUT2D eigenvalue weighted by atomic mass is 10.0. The van der Waals surface area contributed by atoms with E-state index in [1.165, 1.54) is 17.0 Å². The second-order valence-electron chi connectivity index (χ2n) is 7.15. The Morgan fingerprint density at radius 3 is 2.14 bits per heavy atom. The van der Waals surface area contributed by atoms with Crippen LogP contribution in [0, 0.1) is 5.82 Å². The van der Waals surface area contributed by atoms with Gasteiger partial charge in [0.2, 0.25) is 0 Å². The number of aliphatic hydroxyl groups is 1. The quantitative estimate of drug-likeness (QED) is 0.917. The molecule has 5 heteroatoms. The van der Waals surface area contributed by atoms with E-state index in [2.05, 4.69) is 0 Å². The van der Waals surface area contributed by atoms with Gasteiger partial charge in [-0.1, -0.05) is 12.1 Å². The van der Waals surface area contributed by atoms with Crippen molar-refractivity contribution in [3.8, 4) is 0 Å². The molecule has 0 aliphatic carbocycles. The lowest BCUT2D eigenvalue weighted by Gasteiger charge is -2.35. The van der Waals surface area contributed by atoms with Crippen LogP contribution >= 0.6 is 0 Å². The van der Waals surface area contributed by atoms with Crippen LogP contribution in [0.4, 0.5) is 9.18 Å². The Morgan fingerprint density at radius 1 is 1.23 bits per heavy atom. The zero-order valence-corrected chi connectivity index (χ0v) is 14.2. The highest BCUT2D eigenvalue weighted by atomic mass is 19.1. The van der Waals surface area contributed by atoms with E-state index in [0.29, 0.717) is 0 Å². The number of nitrogens with zero attached hydrogens (tertiary/aromatic N) is 1.